The maximum absolute atomic E-state index is 12.2. The number of β-amino-alcohol motifs (C(OH)–C–C–N with tert-alkyl or cyclic N) is 1. The van der Waals surface area contributed by atoms with E-state index in [1.54, 1.807) is 17.0 Å². The lowest BCUT2D eigenvalue weighted by Gasteiger charge is -2.20. The highest BCUT2D eigenvalue weighted by Crippen LogP contribution is 2.44. The molecule has 2 aliphatic heterocycles. The standard InChI is InChI=1S/C24H24N4O5/c1-13(2)31-19-7-6-14(10-15(19)12-25)23-26-22(27-33-23)17-5-3-4-16-18(17)11-20-21(16)28(8-9-29)24(30)32-20/h3-7,10,13,20-21,23,29H,8-9,11H2,1-2H3,(H,26,27). The summed E-state index contributed by atoms with van der Waals surface area (Å²) in [5, 5.41) is 18.9. The maximum Gasteiger partial charge on any atom is 0.410 e. The van der Waals surface area contributed by atoms with Crippen LogP contribution < -0.4 is 10.2 Å². The molecule has 1 amide bonds. The zero-order chi connectivity index (χ0) is 23.1. The van der Waals surface area contributed by atoms with Crippen molar-refractivity contribution in [1.29, 1.82) is 5.26 Å². The predicted octanol–water partition coefficient (Wildman–Crippen LogP) is 2.74. The van der Waals surface area contributed by atoms with Crippen molar-refractivity contribution in [2.45, 2.75) is 44.7 Å². The second kappa shape index (κ2) is 8.39. The van der Waals surface area contributed by atoms with Crippen molar-refractivity contribution < 1.29 is 24.2 Å². The molecule has 1 aliphatic carbocycles. The summed E-state index contributed by atoms with van der Waals surface area (Å²) in [6.07, 6.45) is -0.766. The number of amides is 1. The molecule has 2 N–H and O–H groups in total. The van der Waals surface area contributed by atoms with Crippen molar-refractivity contribution in [2.24, 2.45) is 4.99 Å². The summed E-state index contributed by atoms with van der Waals surface area (Å²) in [6, 6.07) is 13.1. The maximum atomic E-state index is 12.2. The molecule has 3 unspecified atom stereocenters. The van der Waals surface area contributed by atoms with Crippen molar-refractivity contribution in [2.75, 3.05) is 13.2 Å². The van der Waals surface area contributed by atoms with Crippen LogP contribution >= 0.6 is 0 Å². The molecule has 9 nitrogen and oxygen atoms in total. The van der Waals surface area contributed by atoms with Crippen LogP contribution in [0.5, 0.6) is 5.75 Å². The van der Waals surface area contributed by atoms with E-state index in [2.05, 4.69) is 11.5 Å². The summed E-state index contributed by atoms with van der Waals surface area (Å²) in [5.74, 6) is 1.11. The van der Waals surface area contributed by atoms with Gasteiger partial charge in [0.2, 0.25) is 6.23 Å². The molecule has 1 fully saturated rings. The molecule has 3 atom stereocenters. The molecule has 9 heteroatoms. The van der Waals surface area contributed by atoms with Crippen LogP contribution in [0.3, 0.4) is 0 Å². The van der Waals surface area contributed by atoms with E-state index in [4.69, 9.17) is 19.3 Å². The van der Waals surface area contributed by atoms with Gasteiger partial charge in [-0.3, -0.25) is 4.90 Å². The lowest BCUT2D eigenvalue weighted by Crippen LogP contribution is -2.30. The van der Waals surface area contributed by atoms with E-state index in [1.165, 1.54) is 0 Å². The minimum atomic E-state index is -0.610. The molecule has 170 valence electrons. The number of carbonyl (C=O) groups excluding carboxylic acids is 1. The Kier molecular flexibility index (Phi) is 5.40. The van der Waals surface area contributed by atoms with Gasteiger partial charge in [-0.1, -0.05) is 24.3 Å². The largest absolute Gasteiger partial charge is 0.490 e. The molecule has 0 bridgehead atoms. The van der Waals surface area contributed by atoms with Crippen molar-refractivity contribution in [1.82, 2.24) is 10.4 Å². The first-order valence-electron chi connectivity index (χ1n) is 10.9. The van der Waals surface area contributed by atoms with Crippen LogP contribution in [0.4, 0.5) is 4.79 Å². The van der Waals surface area contributed by atoms with Crippen molar-refractivity contribution in [3.8, 4) is 11.8 Å². The molecule has 2 aromatic carbocycles. The quantitative estimate of drug-likeness (QED) is 0.698. The normalized spacial score (nSPS) is 23.0. The Hall–Kier alpha value is -3.61. The summed E-state index contributed by atoms with van der Waals surface area (Å²) in [5.41, 5.74) is 6.99. The van der Waals surface area contributed by atoms with Gasteiger partial charge >= 0.3 is 6.09 Å². The Morgan fingerprint density at radius 2 is 2.21 bits per heavy atom. The van der Waals surface area contributed by atoms with Crippen molar-refractivity contribution >= 4 is 11.9 Å². The number of aliphatic imine (C=N–C) groups is 1. The van der Waals surface area contributed by atoms with Gasteiger partial charge in [0.15, 0.2) is 5.84 Å². The number of aliphatic hydroxyl groups is 1. The summed E-state index contributed by atoms with van der Waals surface area (Å²) in [6.45, 7) is 3.92. The zero-order valence-corrected chi connectivity index (χ0v) is 18.3. The molecule has 2 aromatic rings. The van der Waals surface area contributed by atoms with Crippen LogP contribution in [0.25, 0.3) is 0 Å². The van der Waals surface area contributed by atoms with Gasteiger partial charge in [-0.15, -0.1) is 0 Å². The monoisotopic (exact) mass is 448 g/mol. The summed E-state index contributed by atoms with van der Waals surface area (Å²) in [4.78, 5) is 24.2. The van der Waals surface area contributed by atoms with Gasteiger partial charge < -0.3 is 14.6 Å². The zero-order valence-electron chi connectivity index (χ0n) is 18.3. The third-order valence-electron chi connectivity index (χ3n) is 5.99. The van der Waals surface area contributed by atoms with Crippen LogP contribution in [-0.2, 0) is 16.0 Å². The van der Waals surface area contributed by atoms with Crippen LogP contribution in [0.1, 0.15) is 53.9 Å². The van der Waals surface area contributed by atoms with E-state index in [9.17, 15) is 15.2 Å². The number of nitrogens with zero attached hydrogens (tertiary/aromatic N) is 3. The number of hydrogen-bond acceptors (Lipinski definition) is 8. The SMILES string of the molecule is CC(C)Oc1ccc(C2N=C(c3cccc4c3CC3OC(=O)N(CCO)C43)NO2)cc1C#N. The number of carbonyl (C=O) groups is 1. The molecule has 0 spiro atoms. The van der Waals surface area contributed by atoms with Crippen LogP contribution in [0.15, 0.2) is 41.4 Å². The first-order valence-corrected chi connectivity index (χ1v) is 10.9. The minimum absolute atomic E-state index is 0.0378. The van der Waals surface area contributed by atoms with Crippen LogP contribution in [-0.4, -0.2) is 47.3 Å². The van der Waals surface area contributed by atoms with Gasteiger partial charge in [0.1, 0.15) is 17.9 Å². The highest BCUT2D eigenvalue weighted by atomic mass is 16.7. The molecular weight excluding hydrogens is 424 g/mol. The lowest BCUT2D eigenvalue weighted by molar-refractivity contribution is 0.0376. The lowest BCUT2D eigenvalue weighted by atomic mass is 10.0. The molecule has 33 heavy (non-hydrogen) atoms. The molecular formula is C24H24N4O5. The van der Waals surface area contributed by atoms with E-state index >= 15 is 0 Å². The number of benzene rings is 2. The molecule has 2 heterocycles. The van der Waals surface area contributed by atoms with E-state index < -0.39 is 12.3 Å². The number of aliphatic hydroxyl groups excluding tert-OH is 1. The minimum Gasteiger partial charge on any atom is -0.490 e. The van der Waals surface area contributed by atoms with Gasteiger partial charge in [0, 0.05) is 24.1 Å². The number of hydrogen-bond donors (Lipinski definition) is 2. The first kappa shape index (κ1) is 21.2. The molecule has 0 aromatic heterocycles. The topological polar surface area (TPSA) is 116 Å². The third-order valence-corrected chi connectivity index (χ3v) is 5.99. The number of nitrogens with one attached hydrogen (secondary N) is 1. The molecule has 0 radical (unpaired) electrons. The fourth-order valence-corrected chi connectivity index (χ4v) is 4.66. The van der Waals surface area contributed by atoms with Gasteiger partial charge in [-0.2, -0.15) is 5.26 Å². The Morgan fingerprint density at radius 1 is 1.36 bits per heavy atom. The van der Waals surface area contributed by atoms with Gasteiger partial charge in [-0.05, 0) is 37.1 Å². The molecule has 5 rings (SSSR count). The highest BCUT2D eigenvalue weighted by molar-refractivity contribution is 6.00. The average molecular weight is 448 g/mol. The Labute approximate surface area is 191 Å². The highest BCUT2D eigenvalue weighted by Gasteiger charge is 2.48. The smallest absolute Gasteiger partial charge is 0.410 e. The van der Waals surface area contributed by atoms with Crippen LogP contribution in [0.2, 0.25) is 0 Å². The predicted molar refractivity (Wildman–Crippen MR) is 117 cm³/mol. The third kappa shape index (κ3) is 3.67. The van der Waals surface area contributed by atoms with E-state index in [-0.39, 0.29) is 31.4 Å². The second-order valence-electron chi connectivity index (χ2n) is 8.45. The molecule has 0 saturated carbocycles. The summed E-state index contributed by atoms with van der Waals surface area (Å²) >= 11 is 0. The number of ether oxygens (including phenoxy) is 2. The second-order valence-corrected chi connectivity index (χ2v) is 8.45. The van der Waals surface area contributed by atoms with Crippen LogP contribution in [0, 0.1) is 11.3 Å². The summed E-state index contributed by atoms with van der Waals surface area (Å²) < 4.78 is 11.2. The van der Waals surface area contributed by atoms with Gasteiger partial charge in [-0.25, -0.2) is 20.1 Å². The van der Waals surface area contributed by atoms with E-state index in [0.29, 0.717) is 23.6 Å². The van der Waals surface area contributed by atoms with Gasteiger partial charge in [0.25, 0.3) is 0 Å². The van der Waals surface area contributed by atoms with Gasteiger partial charge in [0.05, 0.1) is 24.3 Å². The van der Waals surface area contributed by atoms with Crippen molar-refractivity contribution in [3.63, 3.8) is 0 Å². The van der Waals surface area contributed by atoms with Crippen molar-refractivity contribution in [3.05, 3.63) is 64.2 Å². The summed E-state index contributed by atoms with van der Waals surface area (Å²) in [7, 11) is 0. The van der Waals surface area contributed by atoms with E-state index in [0.717, 1.165) is 22.3 Å². The number of rotatable bonds is 6. The number of fused-ring (bicyclic) bond motifs is 3. The molecule has 3 aliphatic rings. The van der Waals surface area contributed by atoms with E-state index in [1.807, 2.05) is 38.1 Å². The molecule has 1 saturated heterocycles. The fourth-order valence-electron chi connectivity index (χ4n) is 4.66. The Balaban J connectivity index is 1.43. The first-order chi connectivity index (χ1) is 16.0. The number of hydroxylamine groups is 1. The number of amidine groups is 1. The number of nitriles is 1. The average Bonchev–Trinajstić information content (AvgIpc) is 3.49. The Morgan fingerprint density at radius 3 is 2.97 bits per heavy atom. The fraction of sp³-hybridized carbons (Fsp3) is 0.375. The Bertz CT molecular complexity index is 1170.